The minimum Gasteiger partial charge on any atom is -0.494 e. The summed E-state index contributed by atoms with van der Waals surface area (Å²) >= 11 is 1.46. The summed E-state index contributed by atoms with van der Waals surface area (Å²) in [4.78, 5) is 0.803. The van der Waals surface area contributed by atoms with Gasteiger partial charge < -0.3 is 14.6 Å². The van der Waals surface area contributed by atoms with Crippen LogP contribution in [0.25, 0.3) is 16.4 Å². The van der Waals surface area contributed by atoms with E-state index in [1.54, 1.807) is 22.8 Å². The number of thiophene rings is 1. The van der Waals surface area contributed by atoms with Gasteiger partial charge in [0.05, 0.1) is 31.0 Å². The van der Waals surface area contributed by atoms with Gasteiger partial charge >= 0.3 is 0 Å². The Hall–Kier alpha value is -2.63. The van der Waals surface area contributed by atoms with Gasteiger partial charge in [0.2, 0.25) is 16.0 Å². The Kier molecular flexibility index (Phi) is 7.20. The minimum atomic E-state index is -3.80. The zero-order valence-electron chi connectivity index (χ0n) is 18.6. The van der Waals surface area contributed by atoms with Gasteiger partial charge in [-0.05, 0) is 48.8 Å². The van der Waals surface area contributed by atoms with Gasteiger partial charge in [0.1, 0.15) is 17.2 Å². The zero-order chi connectivity index (χ0) is 23.4. The van der Waals surface area contributed by atoms with Crippen LogP contribution in [0.4, 0.5) is 5.95 Å². The maximum Gasteiger partial charge on any atom is 0.243 e. The van der Waals surface area contributed by atoms with E-state index in [0.29, 0.717) is 23.0 Å². The number of aromatic nitrogens is 3. The fraction of sp³-hybridized carbons (Fsp3) is 0.455. The SMILES string of the molecule is COc1cccc(OC)c1-n1c(NS(=O)(=O)CC[C@H](O)C2CCCC2)nnc1-c1cccs1. The van der Waals surface area contributed by atoms with Crippen molar-refractivity contribution in [1.82, 2.24) is 14.8 Å². The number of hydrogen-bond acceptors (Lipinski definition) is 8. The smallest absolute Gasteiger partial charge is 0.243 e. The van der Waals surface area contributed by atoms with Crippen LogP contribution in [-0.2, 0) is 10.0 Å². The van der Waals surface area contributed by atoms with Gasteiger partial charge in [-0.3, -0.25) is 9.29 Å². The van der Waals surface area contributed by atoms with Crippen LogP contribution in [0.15, 0.2) is 35.7 Å². The van der Waals surface area contributed by atoms with Crippen LogP contribution in [0.3, 0.4) is 0 Å². The fourth-order valence-electron chi connectivity index (χ4n) is 4.22. The maximum atomic E-state index is 12.9. The number of nitrogens with zero attached hydrogens (tertiary/aromatic N) is 3. The van der Waals surface area contributed by atoms with Crippen molar-refractivity contribution in [3.63, 3.8) is 0 Å². The molecule has 0 amide bonds. The van der Waals surface area contributed by atoms with Crippen LogP contribution in [0.2, 0.25) is 0 Å². The summed E-state index contributed by atoms with van der Waals surface area (Å²) < 4.78 is 41.1. The topological polar surface area (TPSA) is 116 Å². The van der Waals surface area contributed by atoms with Gasteiger partial charge in [0.25, 0.3) is 0 Å². The van der Waals surface area contributed by atoms with Gasteiger partial charge in [-0.15, -0.1) is 21.5 Å². The molecule has 33 heavy (non-hydrogen) atoms. The average molecular weight is 493 g/mol. The Morgan fingerprint density at radius 2 is 1.85 bits per heavy atom. The number of sulfonamides is 1. The van der Waals surface area contributed by atoms with Crippen molar-refractivity contribution in [1.29, 1.82) is 0 Å². The molecular weight excluding hydrogens is 464 g/mol. The predicted octanol–water partition coefficient (Wildman–Crippen LogP) is 3.70. The van der Waals surface area contributed by atoms with E-state index < -0.39 is 16.1 Å². The highest BCUT2D eigenvalue weighted by molar-refractivity contribution is 7.92. The second kappa shape index (κ2) is 10.1. The van der Waals surface area contributed by atoms with Gasteiger partial charge in [-0.1, -0.05) is 25.0 Å². The van der Waals surface area contributed by atoms with Crippen molar-refractivity contribution in [3.8, 4) is 27.9 Å². The Morgan fingerprint density at radius 3 is 2.45 bits per heavy atom. The van der Waals surface area contributed by atoms with Crippen LogP contribution in [0.5, 0.6) is 11.5 Å². The van der Waals surface area contributed by atoms with E-state index in [4.69, 9.17) is 9.47 Å². The maximum absolute atomic E-state index is 12.9. The van der Waals surface area contributed by atoms with Crippen LogP contribution in [0.1, 0.15) is 32.1 Å². The molecule has 2 N–H and O–H groups in total. The molecule has 2 heterocycles. The number of aliphatic hydroxyl groups excluding tert-OH is 1. The third-order valence-corrected chi connectivity index (χ3v) is 8.04. The monoisotopic (exact) mass is 492 g/mol. The second-order valence-corrected chi connectivity index (χ2v) is 10.8. The largest absolute Gasteiger partial charge is 0.494 e. The molecule has 0 radical (unpaired) electrons. The van der Waals surface area contributed by atoms with Crippen LogP contribution < -0.4 is 14.2 Å². The van der Waals surface area contributed by atoms with E-state index in [9.17, 15) is 13.5 Å². The fourth-order valence-corrected chi connectivity index (χ4v) is 5.99. The first-order valence-electron chi connectivity index (χ1n) is 10.8. The molecule has 4 rings (SSSR count). The number of anilines is 1. The third kappa shape index (κ3) is 5.15. The lowest BCUT2D eigenvalue weighted by atomic mass is 9.99. The molecule has 1 aromatic carbocycles. The lowest BCUT2D eigenvalue weighted by molar-refractivity contribution is 0.107. The summed E-state index contributed by atoms with van der Waals surface area (Å²) in [6.45, 7) is 0. The molecule has 2 aromatic heterocycles. The van der Waals surface area contributed by atoms with Crippen molar-refractivity contribution < 1.29 is 23.0 Å². The number of benzene rings is 1. The molecule has 1 aliphatic carbocycles. The lowest BCUT2D eigenvalue weighted by Crippen LogP contribution is -2.25. The number of methoxy groups -OCH3 is 2. The van der Waals surface area contributed by atoms with Crippen molar-refractivity contribution in [2.45, 2.75) is 38.2 Å². The number of ether oxygens (including phenoxy) is 2. The van der Waals surface area contributed by atoms with E-state index in [2.05, 4.69) is 14.9 Å². The number of aliphatic hydroxyl groups is 1. The first kappa shape index (κ1) is 23.5. The first-order valence-corrected chi connectivity index (χ1v) is 13.4. The van der Waals surface area contributed by atoms with Crippen LogP contribution in [0, 0.1) is 5.92 Å². The molecule has 3 aromatic rings. The lowest BCUT2D eigenvalue weighted by Gasteiger charge is -2.19. The summed E-state index contributed by atoms with van der Waals surface area (Å²) in [5.41, 5.74) is 0.486. The van der Waals surface area contributed by atoms with Gasteiger partial charge in [0, 0.05) is 0 Å². The summed E-state index contributed by atoms with van der Waals surface area (Å²) in [7, 11) is -0.737. The van der Waals surface area contributed by atoms with Crippen LogP contribution in [-0.4, -0.2) is 54.4 Å². The molecule has 9 nitrogen and oxygen atoms in total. The molecule has 1 saturated carbocycles. The van der Waals surface area contributed by atoms with Crippen molar-refractivity contribution >= 4 is 27.3 Å². The van der Waals surface area contributed by atoms with E-state index in [0.717, 1.165) is 30.6 Å². The second-order valence-electron chi connectivity index (χ2n) is 7.99. The number of para-hydroxylation sites is 1. The Morgan fingerprint density at radius 1 is 1.15 bits per heavy atom. The minimum absolute atomic E-state index is 0.0246. The van der Waals surface area contributed by atoms with Crippen molar-refractivity contribution in [3.05, 3.63) is 35.7 Å². The zero-order valence-corrected chi connectivity index (χ0v) is 20.2. The number of rotatable bonds is 10. The Balaban J connectivity index is 1.68. The molecule has 0 unspecified atom stereocenters. The molecule has 0 bridgehead atoms. The highest BCUT2D eigenvalue weighted by Gasteiger charge is 2.28. The van der Waals surface area contributed by atoms with Gasteiger partial charge in [-0.2, -0.15) is 0 Å². The molecule has 11 heteroatoms. The van der Waals surface area contributed by atoms with Crippen LogP contribution >= 0.6 is 11.3 Å². The molecule has 1 atom stereocenters. The van der Waals surface area contributed by atoms with Gasteiger partial charge in [-0.25, -0.2) is 8.42 Å². The number of hydrogen-bond donors (Lipinski definition) is 2. The predicted molar refractivity (Wildman–Crippen MR) is 128 cm³/mol. The summed E-state index contributed by atoms with van der Waals surface area (Å²) in [5, 5.41) is 20.7. The quantitative estimate of drug-likeness (QED) is 0.443. The van der Waals surface area contributed by atoms with E-state index in [1.165, 1.54) is 25.6 Å². The summed E-state index contributed by atoms with van der Waals surface area (Å²) in [6, 6.07) is 9.05. The standard InChI is InChI=1S/C22H28N4O5S2/c1-30-17-9-5-10-18(31-2)20(17)26-21(19-11-6-13-32-19)23-24-22(26)25-33(28,29)14-12-16(27)15-7-3-4-8-15/h5-6,9-11,13,15-16,27H,3-4,7-8,12,14H2,1-2H3,(H,24,25)/t16-/m0/s1. The molecular formula is C22H28N4O5S2. The van der Waals surface area contributed by atoms with Crippen molar-refractivity contribution in [2.75, 3.05) is 24.7 Å². The van der Waals surface area contributed by atoms with E-state index in [-0.39, 0.29) is 24.0 Å². The highest BCUT2D eigenvalue weighted by atomic mass is 32.2. The molecule has 0 aliphatic heterocycles. The normalized spacial score (nSPS) is 15.5. The van der Waals surface area contributed by atoms with Gasteiger partial charge in [0.15, 0.2) is 5.82 Å². The first-order chi connectivity index (χ1) is 15.9. The number of nitrogens with one attached hydrogen (secondary N) is 1. The Labute approximate surface area is 197 Å². The summed E-state index contributed by atoms with van der Waals surface area (Å²) in [6.07, 6.45) is 3.60. The van der Waals surface area contributed by atoms with E-state index >= 15 is 0 Å². The van der Waals surface area contributed by atoms with E-state index in [1.807, 2.05) is 17.5 Å². The molecule has 0 spiro atoms. The highest BCUT2D eigenvalue weighted by Crippen LogP contribution is 2.38. The Bertz CT molecular complexity index is 1150. The molecule has 1 aliphatic rings. The molecule has 178 valence electrons. The van der Waals surface area contributed by atoms with Crippen molar-refractivity contribution in [2.24, 2.45) is 5.92 Å². The molecule has 0 saturated heterocycles. The molecule has 1 fully saturated rings. The summed E-state index contributed by atoms with van der Waals surface area (Å²) in [5.74, 6) is 1.39. The third-order valence-electron chi connectivity index (χ3n) is 5.90. The average Bonchev–Trinajstić information content (AvgIpc) is 3.58.